The summed E-state index contributed by atoms with van der Waals surface area (Å²) in [6, 6.07) is 10.4. The number of aromatic nitrogens is 3. The summed E-state index contributed by atoms with van der Waals surface area (Å²) in [4.78, 5) is 0. The fourth-order valence-corrected chi connectivity index (χ4v) is 2.55. The Hall–Kier alpha value is -1.68. The first kappa shape index (κ1) is 11.4. The Kier molecular flexibility index (Phi) is 3.11. The van der Waals surface area contributed by atoms with Gasteiger partial charge in [-0.3, -0.25) is 0 Å². The molecule has 0 radical (unpaired) electrons. The number of aryl methyl sites for hydroxylation is 1. The van der Waals surface area contributed by atoms with Gasteiger partial charge in [-0.25, -0.2) is 0 Å². The number of benzene rings is 1. The van der Waals surface area contributed by atoms with Gasteiger partial charge in [-0.15, -0.1) is 10.2 Å². The van der Waals surface area contributed by atoms with Crippen LogP contribution in [0.25, 0.3) is 0 Å². The van der Waals surface area contributed by atoms with Crippen molar-refractivity contribution in [2.75, 3.05) is 6.54 Å². The smallest absolute Gasteiger partial charge is 0.137 e. The van der Waals surface area contributed by atoms with Crippen molar-refractivity contribution in [2.24, 2.45) is 11.7 Å². The van der Waals surface area contributed by atoms with Crippen LogP contribution in [-0.2, 0) is 19.4 Å². The molecule has 1 aliphatic rings. The SMILES string of the molecule is NCC1CCc2nnc(Cc3ccccc3)n2C1. The Morgan fingerprint density at radius 2 is 2.06 bits per heavy atom. The van der Waals surface area contributed by atoms with Crippen LogP contribution < -0.4 is 5.73 Å². The summed E-state index contributed by atoms with van der Waals surface area (Å²) in [5.41, 5.74) is 7.06. The Labute approximate surface area is 107 Å². The molecule has 4 nitrogen and oxygen atoms in total. The Bertz CT molecular complexity index is 518. The van der Waals surface area contributed by atoms with Gasteiger partial charge in [0.05, 0.1) is 0 Å². The van der Waals surface area contributed by atoms with Crippen molar-refractivity contribution in [3.63, 3.8) is 0 Å². The van der Waals surface area contributed by atoms with E-state index in [4.69, 9.17) is 5.73 Å². The topological polar surface area (TPSA) is 56.7 Å². The normalized spacial score (nSPS) is 18.6. The number of hydrogen-bond donors (Lipinski definition) is 1. The molecule has 4 heteroatoms. The zero-order valence-electron chi connectivity index (χ0n) is 10.4. The highest BCUT2D eigenvalue weighted by molar-refractivity contribution is 5.19. The Morgan fingerprint density at radius 1 is 1.22 bits per heavy atom. The maximum absolute atomic E-state index is 5.78. The molecule has 1 unspecified atom stereocenters. The molecule has 3 rings (SSSR count). The molecule has 0 fully saturated rings. The van der Waals surface area contributed by atoms with E-state index in [1.54, 1.807) is 0 Å². The van der Waals surface area contributed by atoms with Crippen molar-refractivity contribution in [3.8, 4) is 0 Å². The molecule has 2 aromatic rings. The van der Waals surface area contributed by atoms with E-state index in [1.165, 1.54) is 5.56 Å². The van der Waals surface area contributed by atoms with Gasteiger partial charge in [0.25, 0.3) is 0 Å². The van der Waals surface area contributed by atoms with Crippen molar-refractivity contribution in [2.45, 2.75) is 25.8 Å². The van der Waals surface area contributed by atoms with Crippen LogP contribution in [0.3, 0.4) is 0 Å². The molecule has 0 bridgehead atoms. The van der Waals surface area contributed by atoms with E-state index in [0.29, 0.717) is 5.92 Å². The zero-order chi connectivity index (χ0) is 12.4. The molecular formula is C14H18N4. The van der Waals surface area contributed by atoms with E-state index >= 15 is 0 Å². The predicted octanol–water partition coefficient (Wildman–Crippen LogP) is 1.39. The van der Waals surface area contributed by atoms with Gasteiger partial charge in [-0.1, -0.05) is 30.3 Å². The lowest BCUT2D eigenvalue weighted by atomic mass is 9.99. The van der Waals surface area contributed by atoms with Gasteiger partial charge < -0.3 is 10.3 Å². The minimum atomic E-state index is 0.572. The van der Waals surface area contributed by atoms with Gasteiger partial charge in [0.2, 0.25) is 0 Å². The van der Waals surface area contributed by atoms with Crippen LogP contribution in [-0.4, -0.2) is 21.3 Å². The average Bonchev–Trinajstić information content (AvgIpc) is 2.82. The number of hydrogen-bond acceptors (Lipinski definition) is 3. The standard InChI is InChI=1S/C14H18N4/c15-9-12-6-7-13-16-17-14(18(13)10-12)8-11-4-2-1-3-5-11/h1-5,12H,6-10,15H2. The highest BCUT2D eigenvalue weighted by Crippen LogP contribution is 2.20. The zero-order valence-corrected chi connectivity index (χ0v) is 10.4. The van der Waals surface area contributed by atoms with Crippen LogP contribution in [0.1, 0.15) is 23.6 Å². The highest BCUT2D eigenvalue weighted by atomic mass is 15.3. The molecule has 2 N–H and O–H groups in total. The molecule has 0 spiro atoms. The van der Waals surface area contributed by atoms with E-state index in [1.807, 2.05) is 6.07 Å². The minimum absolute atomic E-state index is 0.572. The predicted molar refractivity (Wildman–Crippen MR) is 70.1 cm³/mol. The van der Waals surface area contributed by atoms with Crippen LogP contribution in [0.15, 0.2) is 30.3 Å². The molecule has 0 aliphatic carbocycles. The molecule has 18 heavy (non-hydrogen) atoms. The van der Waals surface area contributed by atoms with Gasteiger partial charge in [0, 0.05) is 19.4 Å². The van der Waals surface area contributed by atoms with Crippen molar-refractivity contribution in [3.05, 3.63) is 47.5 Å². The van der Waals surface area contributed by atoms with E-state index in [9.17, 15) is 0 Å². The fraction of sp³-hybridized carbons (Fsp3) is 0.429. The van der Waals surface area contributed by atoms with Crippen LogP contribution >= 0.6 is 0 Å². The maximum atomic E-state index is 5.78. The molecule has 1 atom stereocenters. The summed E-state index contributed by atoms with van der Waals surface area (Å²) in [6.07, 6.45) is 2.99. The summed E-state index contributed by atoms with van der Waals surface area (Å²) < 4.78 is 2.26. The summed E-state index contributed by atoms with van der Waals surface area (Å²) in [5.74, 6) is 2.75. The second-order valence-corrected chi connectivity index (χ2v) is 4.95. The summed E-state index contributed by atoms with van der Waals surface area (Å²) in [6.45, 7) is 1.73. The van der Waals surface area contributed by atoms with E-state index in [-0.39, 0.29) is 0 Å². The van der Waals surface area contributed by atoms with Gasteiger partial charge in [0.15, 0.2) is 0 Å². The lowest BCUT2D eigenvalue weighted by Gasteiger charge is -2.22. The first-order chi connectivity index (χ1) is 8.86. The van der Waals surface area contributed by atoms with Crippen molar-refractivity contribution >= 4 is 0 Å². The lowest BCUT2D eigenvalue weighted by molar-refractivity contribution is 0.368. The third-order valence-corrected chi connectivity index (χ3v) is 3.66. The maximum Gasteiger partial charge on any atom is 0.137 e. The monoisotopic (exact) mass is 242 g/mol. The van der Waals surface area contributed by atoms with Crippen molar-refractivity contribution in [1.29, 1.82) is 0 Å². The fourth-order valence-electron chi connectivity index (χ4n) is 2.55. The second-order valence-electron chi connectivity index (χ2n) is 4.95. The molecule has 1 aromatic carbocycles. The molecule has 1 aromatic heterocycles. The molecule has 94 valence electrons. The Balaban J connectivity index is 1.84. The second kappa shape index (κ2) is 4.90. The van der Waals surface area contributed by atoms with Gasteiger partial charge >= 0.3 is 0 Å². The van der Waals surface area contributed by atoms with E-state index in [0.717, 1.165) is 44.0 Å². The van der Waals surface area contributed by atoms with Crippen LogP contribution in [0, 0.1) is 5.92 Å². The van der Waals surface area contributed by atoms with E-state index < -0.39 is 0 Å². The number of fused-ring (bicyclic) bond motifs is 1. The molecule has 0 saturated heterocycles. The molecular weight excluding hydrogens is 224 g/mol. The number of nitrogens with two attached hydrogens (primary N) is 1. The minimum Gasteiger partial charge on any atom is -0.330 e. The summed E-state index contributed by atoms with van der Waals surface area (Å²) >= 11 is 0. The van der Waals surface area contributed by atoms with Crippen molar-refractivity contribution < 1.29 is 0 Å². The van der Waals surface area contributed by atoms with Gasteiger partial charge in [-0.2, -0.15) is 0 Å². The largest absolute Gasteiger partial charge is 0.330 e. The lowest BCUT2D eigenvalue weighted by Crippen LogP contribution is -2.27. The van der Waals surface area contributed by atoms with Crippen molar-refractivity contribution in [1.82, 2.24) is 14.8 Å². The highest BCUT2D eigenvalue weighted by Gasteiger charge is 2.21. The summed E-state index contributed by atoms with van der Waals surface area (Å²) in [5, 5.41) is 8.63. The summed E-state index contributed by atoms with van der Waals surface area (Å²) in [7, 11) is 0. The van der Waals surface area contributed by atoms with Crippen LogP contribution in [0.4, 0.5) is 0 Å². The third kappa shape index (κ3) is 2.16. The van der Waals surface area contributed by atoms with E-state index in [2.05, 4.69) is 39.0 Å². The quantitative estimate of drug-likeness (QED) is 0.885. The third-order valence-electron chi connectivity index (χ3n) is 3.66. The Morgan fingerprint density at radius 3 is 2.83 bits per heavy atom. The first-order valence-electron chi connectivity index (χ1n) is 6.51. The number of rotatable bonds is 3. The molecule has 0 saturated carbocycles. The van der Waals surface area contributed by atoms with Crippen LogP contribution in [0.2, 0.25) is 0 Å². The first-order valence-corrected chi connectivity index (χ1v) is 6.51. The van der Waals surface area contributed by atoms with Gasteiger partial charge in [-0.05, 0) is 24.4 Å². The van der Waals surface area contributed by atoms with Gasteiger partial charge in [0.1, 0.15) is 11.6 Å². The van der Waals surface area contributed by atoms with Crippen LogP contribution in [0.5, 0.6) is 0 Å². The molecule has 0 amide bonds. The number of nitrogens with zero attached hydrogens (tertiary/aromatic N) is 3. The molecule has 2 heterocycles. The average molecular weight is 242 g/mol. The molecule has 1 aliphatic heterocycles.